The summed E-state index contributed by atoms with van der Waals surface area (Å²) in [6.07, 6.45) is 3.03. The van der Waals surface area contributed by atoms with Crippen molar-refractivity contribution in [1.82, 2.24) is 9.97 Å². The Labute approximate surface area is 122 Å². The van der Waals surface area contributed by atoms with Crippen LogP contribution in [0.15, 0.2) is 6.07 Å². The number of rotatable bonds is 9. The highest BCUT2D eigenvalue weighted by Gasteiger charge is 2.16. The lowest BCUT2D eigenvalue weighted by atomic mass is 10.2. The number of aromatic nitrogens is 2. The fourth-order valence-electron chi connectivity index (χ4n) is 2.06. The molecule has 5 nitrogen and oxygen atoms in total. The molecule has 1 N–H and O–H groups in total. The number of aryl methyl sites for hydroxylation is 1. The Kier molecular flexibility index (Phi) is 7.30. The first-order chi connectivity index (χ1) is 9.65. The van der Waals surface area contributed by atoms with Crippen LogP contribution in [0.25, 0.3) is 0 Å². The first-order valence-corrected chi connectivity index (χ1v) is 7.47. The molecule has 20 heavy (non-hydrogen) atoms. The lowest BCUT2D eigenvalue weighted by Gasteiger charge is -2.30. The molecule has 0 aliphatic rings. The Morgan fingerprint density at radius 3 is 2.65 bits per heavy atom. The summed E-state index contributed by atoms with van der Waals surface area (Å²) in [5.41, 5.74) is 0. The zero-order valence-corrected chi connectivity index (χ0v) is 13.4. The van der Waals surface area contributed by atoms with Gasteiger partial charge in [0.05, 0.1) is 6.61 Å². The maximum Gasteiger partial charge on any atom is 0.134 e. The molecule has 0 aromatic carbocycles. The zero-order chi connectivity index (χ0) is 15.0. The molecule has 0 fully saturated rings. The molecule has 0 spiro atoms. The molecule has 1 unspecified atom stereocenters. The van der Waals surface area contributed by atoms with E-state index in [0.717, 1.165) is 43.3 Å². The Hall–Kier alpha value is -1.36. The first-order valence-electron chi connectivity index (χ1n) is 7.47. The van der Waals surface area contributed by atoms with Crippen molar-refractivity contribution in [2.75, 3.05) is 37.5 Å². The van der Waals surface area contributed by atoms with Gasteiger partial charge < -0.3 is 15.0 Å². The number of ether oxygens (including phenoxy) is 1. The third kappa shape index (κ3) is 4.63. The summed E-state index contributed by atoms with van der Waals surface area (Å²) in [5.74, 6) is 2.77. The molecule has 1 atom stereocenters. The molecular formula is C15H28N4O. The van der Waals surface area contributed by atoms with Crippen molar-refractivity contribution in [3.8, 4) is 0 Å². The number of methoxy groups -OCH3 is 1. The minimum Gasteiger partial charge on any atom is -0.383 e. The van der Waals surface area contributed by atoms with Crippen LogP contribution in [-0.2, 0) is 11.2 Å². The minimum atomic E-state index is 0.430. The molecule has 1 aromatic rings. The van der Waals surface area contributed by atoms with Crippen LogP contribution in [0.5, 0.6) is 0 Å². The van der Waals surface area contributed by atoms with Gasteiger partial charge in [-0.15, -0.1) is 0 Å². The largest absolute Gasteiger partial charge is 0.383 e. The van der Waals surface area contributed by atoms with E-state index in [1.807, 2.05) is 13.1 Å². The SMILES string of the molecule is CCCc1nc(NC)cc(N(CCOC)C(C)CC)n1. The van der Waals surface area contributed by atoms with Gasteiger partial charge in [0.2, 0.25) is 0 Å². The van der Waals surface area contributed by atoms with E-state index >= 15 is 0 Å². The van der Waals surface area contributed by atoms with Gasteiger partial charge in [0, 0.05) is 39.2 Å². The van der Waals surface area contributed by atoms with Crippen molar-refractivity contribution in [2.45, 2.75) is 46.1 Å². The van der Waals surface area contributed by atoms with E-state index in [1.165, 1.54) is 0 Å². The second-order valence-electron chi connectivity index (χ2n) is 4.97. The zero-order valence-electron chi connectivity index (χ0n) is 13.4. The molecule has 0 radical (unpaired) electrons. The summed E-state index contributed by atoms with van der Waals surface area (Å²) < 4.78 is 5.22. The number of hydrogen-bond acceptors (Lipinski definition) is 5. The minimum absolute atomic E-state index is 0.430. The van der Waals surface area contributed by atoms with Gasteiger partial charge >= 0.3 is 0 Å². The summed E-state index contributed by atoms with van der Waals surface area (Å²) >= 11 is 0. The molecule has 0 amide bonds. The van der Waals surface area contributed by atoms with Crippen LogP contribution < -0.4 is 10.2 Å². The molecule has 0 bridgehead atoms. The average Bonchev–Trinajstić information content (AvgIpc) is 2.47. The van der Waals surface area contributed by atoms with Crippen LogP contribution in [0, 0.1) is 0 Å². The molecule has 1 heterocycles. The lowest BCUT2D eigenvalue weighted by Crippen LogP contribution is -2.36. The van der Waals surface area contributed by atoms with Gasteiger partial charge in [-0.1, -0.05) is 13.8 Å². The number of nitrogens with zero attached hydrogens (tertiary/aromatic N) is 3. The van der Waals surface area contributed by atoms with E-state index in [1.54, 1.807) is 7.11 Å². The van der Waals surface area contributed by atoms with Crippen LogP contribution in [0.3, 0.4) is 0 Å². The molecule has 5 heteroatoms. The fourth-order valence-corrected chi connectivity index (χ4v) is 2.06. The quantitative estimate of drug-likeness (QED) is 0.753. The molecule has 114 valence electrons. The van der Waals surface area contributed by atoms with Crippen LogP contribution in [0.4, 0.5) is 11.6 Å². The van der Waals surface area contributed by atoms with Gasteiger partial charge in [-0.25, -0.2) is 9.97 Å². The highest BCUT2D eigenvalue weighted by Crippen LogP contribution is 2.20. The molecular weight excluding hydrogens is 252 g/mol. The number of nitrogens with one attached hydrogen (secondary N) is 1. The summed E-state index contributed by atoms with van der Waals surface area (Å²) in [5, 5.41) is 3.13. The van der Waals surface area contributed by atoms with E-state index in [2.05, 4.69) is 36.0 Å². The van der Waals surface area contributed by atoms with Crippen molar-refractivity contribution in [1.29, 1.82) is 0 Å². The summed E-state index contributed by atoms with van der Waals surface area (Å²) in [6, 6.07) is 2.44. The van der Waals surface area contributed by atoms with Gasteiger partial charge in [-0.05, 0) is 19.8 Å². The third-order valence-corrected chi connectivity index (χ3v) is 3.44. The predicted molar refractivity (Wildman–Crippen MR) is 84.5 cm³/mol. The molecule has 0 saturated heterocycles. The van der Waals surface area contributed by atoms with E-state index in [9.17, 15) is 0 Å². The van der Waals surface area contributed by atoms with Crippen molar-refractivity contribution < 1.29 is 4.74 Å². The van der Waals surface area contributed by atoms with Gasteiger partial charge in [-0.3, -0.25) is 0 Å². The molecule has 0 aliphatic heterocycles. The molecule has 1 aromatic heterocycles. The summed E-state index contributed by atoms with van der Waals surface area (Å²) in [4.78, 5) is 11.5. The van der Waals surface area contributed by atoms with E-state index in [-0.39, 0.29) is 0 Å². The first kappa shape index (κ1) is 16.7. The maximum atomic E-state index is 5.22. The van der Waals surface area contributed by atoms with Crippen LogP contribution in [0.2, 0.25) is 0 Å². The Morgan fingerprint density at radius 1 is 1.35 bits per heavy atom. The van der Waals surface area contributed by atoms with Crippen molar-refractivity contribution >= 4 is 11.6 Å². The summed E-state index contributed by atoms with van der Waals surface area (Å²) in [7, 11) is 3.63. The van der Waals surface area contributed by atoms with Gasteiger partial charge in [0.15, 0.2) is 0 Å². The predicted octanol–water partition coefficient (Wildman–Crippen LogP) is 2.72. The van der Waals surface area contributed by atoms with E-state index < -0.39 is 0 Å². The number of hydrogen-bond donors (Lipinski definition) is 1. The second kappa shape index (κ2) is 8.74. The standard InChI is InChI=1S/C15H28N4O/c1-6-8-13-17-14(16-4)11-15(18-13)19(9-10-20-5)12(3)7-2/h11-12H,6-10H2,1-5H3,(H,16,17,18). The maximum absolute atomic E-state index is 5.22. The average molecular weight is 280 g/mol. The topological polar surface area (TPSA) is 50.3 Å². The Morgan fingerprint density at radius 2 is 2.10 bits per heavy atom. The molecule has 0 aliphatic carbocycles. The smallest absolute Gasteiger partial charge is 0.134 e. The number of anilines is 2. The van der Waals surface area contributed by atoms with Gasteiger partial charge in [0.1, 0.15) is 17.5 Å². The highest BCUT2D eigenvalue weighted by molar-refractivity contribution is 5.49. The van der Waals surface area contributed by atoms with E-state index in [4.69, 9.17) is 9.72 Å². The molecule has 0 saturated carbocycles. The van der Waals surface area contributed by atoms with E-state index in [0.29, 0.717) is 12.6 Å². The summed E-state index contributed by atoms with van der Waals surface area (Å²) in [6.45, 7) is 8.10. The van der Waals surface area contributed by atoms with Crippen LogP contribution >= 0.6 is 0 Å². The lowest BCUT2D eigenvalue weighted by molar-refractivity contribution is 0.203. The van der Waals surface area contributed by atoms with Crippen molar-refractivity contribution in [3.05, 3.63) is 11.9 Å². The molecule has 1 rings (SSSR count). The normalized spacial score (nSPS) is 12.2. The Bertz CT molecular complexity index is 397. The third-order valence-electron chi connectivity index (χ3n) is 3.44. The van der Waals surface area contributed by atoms with Crippen LogP contribution in [0.1, 0.15) is 39.4 Å². The van der Waals surface area contributed by atoms with Crippen molar-refractivity contribution in [3.63, 3.8) is 0 Å². The second-order valence-corrected chi connectivity index (χ2v) is 4.97. The monoisotopic (exact) mass is 280 g/mol. The fraction of sp³-hybridized carbons (Fsp3) is 0.733. The Balaban J connectivity index is 3.06. The van der Waals surface area contributed by atoms with Gasteiger partial charge in [-0.2, -0.15) is 0 Å². The van der Waals surface area contributed by atoms with Crippen LogP contribution in [-0.4, -0.2) is 43.3 Å². The van der Waals surface area contributed by atoms with Gasteiger partial charge in [0.25, 0.3) is 0 Å². The van der Waals surface area contributed by atoms with Crippen molar-refractivity contribution in [2.24, 2.45) is 0 Å². The highest BCUT2D eigenvalue weighted by atomic mass is 16.5.